The van der Waals surface area contributed by atoms with Gasteiger partial charge < -0.3 is 14.2 Å². The molecule has 2 aromatic carbocycles. The topological polar surface area (TPSA) is 58.8 Å². The van der Waals surface area contributed by atoms with Crippen molar-refractivity contribution < 1.29 is 14.1 Å². The lowest BCUT2D eigenvalue weighted by molar-refractivity contribution is 0.0645. The molecule has 6 heteroatoms. The van der Waals surface area contributed by atoms with Crippen LogP contribution in [-0.2, 0) is 6.61 Å². The zero-order valence-corrected chi connectivity index (χ0v) is 18.7. The van der Waals surface area contributed by atoms with E-state index >= 15 is 0 Å². The molecule has 0 spiro atoms. The first kappa shape index (κ1) is 21.8. The van der Waals surface area contributed by atoms with Gasteiger partial charge in [0, 0.05) is 32.7 Å². The minimum Gasteiger partial charge on any atom is -0.488 e. The molecule has 1 aliphatic rings. The van der Waals surface area contributed by atoms with E-state index in [9.17, 15) is 4.79 Å². The number of rotatable bonds is 7. The summed E-state index contributed by atoms with van der Waals surface area (Å²) >= 11 is 0. The molecule has 3 aromatic rings. The van der Waals surface area contributed by atoms with Gasteiger partial charge in [-0.3, -0.25) is 9.69 Å². The van der Waals surface area contributed by atoms with Crippen molar-refractivity contribution in [3.8, 4) is 5.75 Å². The lowest BCUT2D eigenvalue weighted by Gasteiger charge is -2.34. The Labute approximate surface area is 189 Å². The van der Waals surface area contributed by atoms with Crippen molar-refractivity contribution >= 4 is 12.0 Å². The van der Waals surface area contributed by atoms with E-state index in [1.54, 1.807) is 0 Å². The number of hydrogen-bond acceptors (Lipinski definition) is 5. The largest absolute Gasteiger partial charge is 0.488 e. The summed E-state index contributed by atoms with van der Waals surface area (Å²) in [6.07, 6.45) is 4.33. The van der Waals surface area contributed by atoms with Crippen LogP contribution >= 0.6 is 0 Å². The average molecular weight is 432 g/mol. The highest BCUT2D eigenvalue weighted by molar-refractivity contribution is 5.97. The van der Waals surface area contributed by atoms with Crippen LogP contribution in [0.3, 0.4) is 0 Å². The zero-order chi connectivity index (χ0) is 22.3. The molecule has 1 aromatic heterocycles. The minimum atomic E-state index is 0.0128. The molecule has 0 bridgehead atoms. The van der Waals surface area contributed by atoms with E-state index < -0.39 is 0 Å². The number of aryl methyl sites for hydroxylation is 2. The predicted octanol–water partition coefficient (Wildman–Crippen LogP) is 4.34. The summed E-state index contributed by atoms with van der Waals surface area (Å²) in [5, 5.41) is 3.97. The van der Waals surface area contributed by atoms with Crippen LogP contribution in [0.4, 0.5) is 0 Å². The molecule has 6 nitrogen and oxygen atoms in total. The highest BCUT2D eigenvalue weighted by atomic mass is 16.5. The Bertz CT molecular complexity index is 1050. The maximum absolute atomic E-state index is 13.2. The summed E-state index contributed by atoms with van der Waals surface area (Å²) in [6, 6.07) is 17.7. The van der Waals surface area contributed by atoms with Crippen LogP contribution in [-0.4, -0.2) is 53.6 Å². The van der Waals surface area contributed by atoms with E-state index in [-0.39, 0.29) is 5.91 Å². The number of nitrogens with zero attached hydrogens (tertiary/aromatic N) is 3. The molecule has 0 atom stereocenters. The number of amides is 1. The third kappa shape index (κ3) is 5.26. The van der Waals surface area contributed by atoms with Gasteiger partial charge in [-0.2, -0.15) is 0 Å². The predicted molar refractivity (Wildman–Crippen MR) is 125 cm³/mol. The van der Waals surface area contributed by atoms with Gasteiger partial charge in [0.05, 0.1) is 16.8 Å². The summed E-state index contributed by atoms with van der Waals surface area (Å²) < 4.78 is 11.2. The van der Waals surface area contributed by atoms with Gasteiger partial charge in [0.15, 0.2) is 0 Å². The summed E-state index contributed by atoms with van der Waals surface area (Å²) in [6.45, 7) is 8.08. The molecule has 2 heterocycles. The number of ether oxygens (including phenoxy) is 1. The van der Waals surface area contributed by atoms with E-state index in [4.69, 9.17) is 9.26 Å². The SMILES string of the molecule is Cc1noc(C)c1COc1ccccc1C(=O)N1CCN(CC=Cc2ccccc2)CC1. The second-order valence-corrected chi connectivity index (χ2v) is 7.99. The van der Waals surface area contributed by atoms with Gasteiger partial charge in [0.2, 0.25) is 0 Å². The fourth-order valence-corrected chi connectivity index (χ4v) is 3.83. The Morgan fingerprint density at radius 1 is 1.03 bits per heavy atom. The molecule has 1 amide bonds. The van der Waals surface area contributed by atoms with E-state index in [1.807, 2.05) is 61.2 Å². The van der Waals surface area contributed by atoms with Crippen molar-refractivity contribution in [2.24, 2.45) is 0 Å². The number of para-hydroxylation sites is 1. The average Bonchev–Trinajstić information content (AvgIpc) is 3.15. The number of aromatic nitrogens is 1. The fraction of sp³-hybridized carbons (Fsp3) is 0.308. The fourth-order valence-electron chi connectivity index (χ4n) is 3.83. The Morgan fingerprint density at radius 2 is 1.75 bits per heavy atom. The van der Waals surface area contributed by atoms with Crippen LogP contribution in [0.25, 0.3) is 6.08 Å². The molecular weight excluding hydrogens is 402 g/mol. The third-order valence-electron chi connectivity index (χ3n) is 5.80. The third-order valence-corrected chi connectivity index (χ3v) is 5.80. The quantitative estimate of drug-likeness (QED) is 0.557. The van der Waals surface area contributed by atoms with Gasteiger partial charge in [-0.1, -0.05) is 59.8 Å². The van der Waals surface area contributed by atoms with Gasteiger partial charge in [-0.05, 0) is 31.5 Å². The molecule has 1 fully saturated rings. The first-order valence-electron chi connectivity index (χ1n) is 11.0. The van der Waals surface area contributed by atoms with Crippen molar-refractivity contribution in [1.82, 2.24) is 15.0 Å². The molecule has 0 saturated carbocycles. The molecule has 0 radical (unpaired) electrons. The molecule has 166 valence electrons. The highest BCUT2D eigenvalue weighted by Crippen LogP contribution is 2.23. The van der Waals surface area contributed by atoms with Crippen molar-refractivity contribution in [3.63, 3.8) is 0 Å². The van der Waals surface area contributed by atoms with Gasteiger partial charge in [0.1, 0.15) is 18.1 Å². The van der Waals surface area contributed by atoms with Crippen molar-refractivity contribution in [2.75, 3.05) is 32.7 Å². The minimum absolute atomic E-state index is 0.0128. The number of benzene rings is 2. The summed E-state index contributed by atoms with van der Waals surface area (Å²) in [5.74, 6) is 1.34. The Balaban J connectivity index is 1.33. The van der Waals surface area contributed by atoms with Crippen molar-refractivity contribution in [3.05, 3.63) is 88.8 Å². The first-order valence-corrected chi connectivity index (χ1v) is 11.0. The van der Waals surface area contributed by atoms with Gasteiger partial charge in [-0.15, -0.1) is 0 Å². The van der Waals surface area contributed by atoms with Gasteiger partial charge in [-0.25, -0.2) is 0 Å². The molecular formula is C26H29N3O3. The summed E-state index contributed by atoms with van der Waals surface area (Å²) in [7, 11) is 0. The number of hydrogen-bond donors (Lipinski definition) is 0. The van der Waals surface area contributed by atoms with Crippen LogP contribution in [0, 0.1) is 13.8 Å². The molecule has 1 saturated heterocycles. The first-order chi connectivity index (χ1) is 15.6. The number of carbonyl (C=O) groups is 1. The Kier molecular flexibility index (Phi) is 7.02. The van der Waals surface area contributed by atoms with E-state index in [0.717, 1.165) is 36.7 Å². The van der Waals surface area contributed by atoms with Gasteiger partial charge in [0.25, 0.3) is 5.91 Å². The summed E-state index contributed by atoms with van der Waals surface area (Å²) in [4.78, 5) is 17.5. The maximum atomic E-state index is 13.2. The van der Waals surface area contributed by atoms with Crippen LogP contribution in [0.15, 0.2) is 65.2 Å². The number of carbonyl (C=O) groups excluding carboxylic acids is 1. The van der Waals surface area contributed by atoms with E-state index in [1.165, 1.54) is 5.56 Å². The lowest BCUT2D eigenvalue weighted by Crippen LogP contribution is -2.48. The Morgan fingerprint density at radius 3 is 2.47 bits per heavy atom. The zero-order valence-electron chi connectivity index (χ0n) is 18.7. The van der Waals surface area contributed by atoms with Crippen LogP contribution in [0.2, 0.25) is 0 Å². The molecule has 4 rings (SSSR count). The van der Waals surface area contributed by atoms with Gasteiger partial charge >= 0.3 is 0 Å². The maximum Gasteiger partial charge on any atom is 0.257 e. The second kappa shape index (κ2) is 10.3. The van der Waals surface area contributed by atoms with E-state index in [2.05, 4.69) is 34.3 Å². The molecule has 1 aliphatic heterocycles. The van der Waals surface area contributed by atoms with Crippen molar-refractivity contribution in [2.45, 2.75) is 20.5 Å². The van der Waals surface area contributed by atoms with Crippen molar-refractivity contribution in [1.29, 1.82) is 0 Å². The molecule has 32 heavy (non-hydrogen) atoms. The molecule has 0 aliphatic carbocycles. The van der Waals surface area contributed by atoms with Crippen LogP contribution in [0.1, 0.15) is 32.9 Å². The number of piperazine rings is 1. The standard InChI is InChI=1S/C26H29N3O3/c1-20-24(21(2)32-27-20)19-31-25-13-7-6-12-23(25)26(30)29-17-15-28(16-18-29)14-8-11-22-9-4-3-5-10-22/h3-13H,14-19H2,1-2H3. The normalized spacial score (nSPS) is 14.8. The van der Waals surface area contributed by atoms with E-state index in [0.29, 0.717) is 31.0 Å². The monoisotopic (exact) mass is 431 g/mol. The highest BCUT2D eigenvalue weighted by Gasteiger charge is 2.24. The molecule has 0 N–H and O–H groups in total. The lowest BCUT2D eigenvalue weighted by atomic mass is 10.1. The van der Waals surface area contributed by atoms with Crippen LogP contribution < -0.4 is 4.74 Å². The smallest absolute Gasteiger partial charge is 0.257 e. The molecule has 0 unspecified atom stereocenters. The summed E-state index contributed by atoms with van der Waals surface area (Å²) in [5.41, 5.74) is 3.53. The second-order valence-electron chi connectivity index (χ2n) is 7.99. The Hall–Kier alpha value is -3.38. The van der Waals surface area contributed by atoms with Crippen LogP contribution in [0.5, 0.6) is 5.75 Å².